The number of halogens is 2. The lowest BCUT2D eigenvalue weighted by molar-refractivity contribution is 0.265. The van der Waals surface area contributed by atoms with Gasteiger partial charge in [-0.25, -0.2) is 4.39 Å². The van der Waals surface area contributed by atoms with Gasteiger partial charge >= 0.3 is 0 Å². The number of aliphatic hydroxyl groups excluding tert-OH is 1. The average Bonchev–Trinajstić information content (AvgIpc) is 2.10. The van der Waals surface area contributed by atoms with Crippen LogP contribution in [0.15, 0.2) is 12.1 Å². The molecule has 0 aromatic heterocycles. The van der Waals surface area contributed by atoms with Crippen LogP contribution in [0, 0.1) is 5.82 Å². The molecule has 1 unspecified atom stereocenters. The predicted octanol–water partition coefficient (Wildman–Crippen LogP) is 1.18. The Morgan fingerprint density at radius 3 is 2.69 bits per heavy atom. The minimum Gasteiger partial charge on any atom is -0.508 e. The van der Waals surface area contributed by atoms with Gasteiger partial charge in [0.1, 0.15) is 11.6 Å². The quantitative estimate of drug-likeness (QED) is 0.679. The number of hydrogen-bond acceptors (Lipinski definition) is 3. The van der Waals surface area contributed by atoms with E-state index in [0.717, 1.165) is 12.1 Å². The molecule has 5 heteroatoms. The summed E-state index contributed by atoms with van der Waals surface area (Å²) in [6.45, 7) is -0.366. The van der Waals surface area contributed by atoms with E-state index in [4.69, 9.17) is 22.4 Å². The predicted molar refractivity (Wildman–Crippen MR) is 47.1 cm³/mol. The van der Waals surface area contributed by atoms with Crippen molar-refractivity contribution in [1.82, 2.24) is 0 Å². The molecule has 0 saturated carbocycles. The first kappa shape index (κ1) is 10.2. The van der Waals surface area contributed by atoms with E-state index in [0.29, 0.717) is 0 Å². The fourth-order valence-corrected chi connectivity index (χ4v) is 1.10. The minimum absolute atomic E-state index is 0.143. The van der Waals surface area contributed by atoms with Crippen molar-refractivity contribution in [2.45, 2.75) is 6.04 Å². The zero-order valence-electron chi connectivity index (χ0n) is 6.67. The number of hydrogen-bond donors (Lipinski definition) is 3. The van der Waals surface area contributed by atoms with Gasteiger partial charge in [-0.15, -0.1) is 0 Å². The molecule has 72 valence electrons. The Bertz CT molecular complexity index is 319. The molecule has 0 saturated heterocycles. The first-order chi connectivity index (χ1) is 6.06. The molecular formula is C8H9ClFNO2. The lowest BCUT2D eigenvalue weighted by atomic mass is 10.1. The SMILES string of the molecule is NC(CO)c1cc(F)c(Cl)cc1O. The number of aliphatic hydroxyl groups is 1. The van der Waals surface area contributed by atoms with Crippen LogP contribution >= 0.6 is 11.6 Å². The maximum Gasteiger partial charge on any atom is 0.142 e. The first-order valence-corrected chi connectivity index (χ1v) is 3.98. The van der Waals surface area contributed by atoms with E-state index >= 15 is 0 Å². The summed E-state index contributed by atoms with van der Waals surface area (Å²) < 4.78 is 12.9. The van der Waals surface area contributed by atoms with Crippen molar-refractivity contribution in [3.05, 3.63) is 28.5 Å². The molecule has 0 amide bonds. The minimum atomic E-state index is -0.799. The van der Waals surface area contributed by atoms with Crippen LogP contribution in [0.5, 0.6) is 5.75 Å². The number of rotatable bonds is 2. The van der Waals surface area contributed by atoms with Crippen LogP contribution in [0.4, 0.5) is 4.39 Å². The van der Waals surface area contributed by atoms with Crippen molar-refractivity contribution in [2.24, 2.45) is 5.73 Å². The Hall–Kier alpha value is -0.840. The lowest BCUT2D eigenvalue weighted by Crippen LogP contribution is -2.14. The molecule has 0 fully saturated rings. The molecule has 0 heterocycles. The highest BCUT2D eigenvalue weighted by molar-refractivity contribution is 6.30. The third-order valence-electron chi connectivity index (χ3n) is 1.67. The maximum atomic E-state index is 12.9. The number of phenolic OH excluding ortho intramolecular Hbond substituents is 1. The zero-order valence-corrected chi connectivity index (χ0v) is 7.42. The van der Waals surface area contributed by atoms with Crippen molar-refractivity contribution < 1.29 is 14.6 Å². The topological polar surface area (TPSA) is 66.5 Å². The normalized spacial score (nSPS) is 12.9. The summed E-state index contributed by atoms with van der Waals surface area (Å²) >= 11 is 5.40. The zero-order chi connectivity index (χ0) is 10.0. The molecule has 1 rings (SSSR count). The molecule has 4 N–H and O–H groups in total. The second-order valence-electron chi connectivity index (χ2n) is 2.61. The fourth-order valence-electron chi connectivity index (χ4n) is 0.947. The van der Waals surface area contributed by atoms with Gasteiger partial charge in [-0.1, -0.05) is 11.6 Å². The molecule has 0 bridgehead atoms. The van der Waals surface area contributed by atoms with Crippen LogP contribution in [0.1, 0.15) is 11.6 Å². The van der Waals surface area contributed by atoms with Gasteiger partial charge in [0.15, 0.2) is 0 Å². The van der Waals surface area contributed by atoms with E-state index < -0.39 is 11.9 Å². The third kappa shape index (κ3) is 2.09. The van der Waals surface area contributed by atoms with E-state index in [9.17, 15) is 9.50 Å². The summed E-state index contributed by atoms with van der Waals surface area (Å²) in [5.74, 6) is -0.883. The summed E-state index contributed by atoms with van der Waals surface area (Å²) in [5, 5.41) is 17.8. The van der Waals surface area contributed by atoms with Crippen molar-refractivity contribution in [2.75, 3.05) is 6.61 Å². The van der Waals surface area contributed by atoms with E-state index in [-0.39, 0.29) is 22.9 Å². The molecule has 1 atom stereocenters. The average molecular weight is 206 g/mol. The maximum absolute atomic E-state index is 12.9. The van der Waals surface area contributed by atoms with Gasteiger partial charge in [0, 0.05) is 11.6 Å². The van der Waals surface area contributed by atoms with Gasteiger partial charge in [-0.2, -0.15) is 0 Å². The molecular weight excluding hydrogens is 197 g/mol. The van der Waals surface area contributed by atoms with Crippen molar-refractivity contribution in [3.8, 4) is 5.75 Å². The summed E-state index contributed by atoms with van der Waals surface area (Å²) in [4.78, 5) is 0. The van der Waals surface area contributed by atoms with Crippen LogP contribution in [0.2, 0.25) is 5.02 Å². The van der Waals surface area contributed by atoms with Crippen LogP contribution < -0.4 is 5.73 Å². The standard InChI is InChI=1S/C8H9ClFNO2/c9-5-2-8(13)4(1-6(5)10)7(11)3-12/h1-2,7,12-13H,3,11H2. The molecule has 13 heavy (non-hydrogen) atoms. The number of nitrogens with two attached hydrogens (primary N) is 1. The van der Waals surface area contributed by atoms with E-state index in [2.05, 4.69) is 0 Å². The Labute approximate surface area is 79.6 Å². The largest absolute Gasteiger partial charge is 0.508 e. The second kappa shape index (κ2) is 3.91. The molecule has 3 nitrogen and oxygen atoms in total. The molecule has 1 aromatic carbocycles. The molecule has 0 aliphatic carbocycles. The van der Waals surface area contributed by atoms with Crippen molar-refractivity contribution in [3.63, 3.8) is 0 Å². The molecule has 0 spiro atoms. The van der Waals surface area contributed by atoms with Crippen molar-refractivity contribution in [1.29, 1.82) is 0 Å². The second-order valence-corrected chi connectivity index (χ2v) is 3.02. The highest BCUT2D eigenvalue weighted by atomic mass is 35.5. The number of phenols is 1. The highest BCUT2D eigenvalue weighted by Gasteiger charge is 2.13. The Morgan fingerprint density at radius 2 is 2.15 bits per heavy atom. The molecule has 0 aliphatic heterocycles. The van der Waals surface area contributed by atoms with E-state index in [1.54, 1.807) is 0 Å². The first-order valence-electron chi connectivity index (χ1n) is 3.60. The Kier molecular flexibility index (Phi) is 3.08. The summed E-state index contributed by atoms with van der Waals surface area (Å²) in [6.07, 6.45) is 0. The van der Waals surface area contributed by atoms with E-state index in [1.807, 2.05) is 0 Å². The van der Waals surface area contributed by atoms with Crippen LogP contribution in [-0.4, -0.2) is 16.8 Å². The van der Waals surface area contributed by atoms with Crippen LogP contribution in [0.3, 0.4) is 0 Å². The number of aromatic hydroxyl groups is 1. The van der Waals surface area contributed by atoms with Gasteiger partial charge < -0.3 is 15.9 Å². The monoisotopic (exact) mass is 205 g/mol. The van der Waals surface area contributed by atoms with Gasteiger partial charge in [0.2, 0.25) is 0 Å². The van der Waals surface area contributed by atoms with Crippen LogP contribution in [0.25, 0.3) is 0 Å². The van der Waals surface area contributed by atoms with Gasteiger partial charge in [-0.05, 0) is 6.07 Å². The summed E-state index contributed by atoms with van der Waals surface area (Å²) in [6, 6.07) is 1.27. The Balaban J connectivity index is 3.15. The smallest absolute Gasteiger partial charge is 0.142 e. The van der Waals surface area contributed by atoms with Gasteiger partial charge in [0.05, 0.1) is 17.7 Å². The van der Waals surface area contributed by atoms with Gasteiger partial charge in [-0.3, -0.25) is 0 Å². The van der Waals surface area contributed by atoms with E-state index in [1.165, 1.54) is 0 Å². The Morgan fingerprint density at radius 1 is 1.54 bits per heavy atom. The molecule has 1 aromatic rings. The highest BCUT2D eigenvalue weighted by Crippen LogP contribution is 2.28. The number of benzene rings is 1. The molecule has 0 aliphatic rings. The van der Waals surface area contributed by atoms with Crippen molar-refractivity contribution >= 4 is 11.6 Å². The third-order valence-corrected chi connectivity index (χ3v) is 1.96. The summed E-state index contributed by atoms with van der Waals surface area (Å²) in [7, 11) is 0. The summed E-state index contributed by atoms with van der Waals surface area (Å²) in [5.41, 5.74) is 5.54. The fraction of sp³-hybridized carbons (Fsp3) is 0.250. The van der Waals surface area contributed by atoms with Gasteiger partial charge in [0.25, 0.3) is 0 Å². The van der Waals surface area contributed by atoms with Crippen LogP contribution in [-0.2, 0) is 0 Å². The molecule has 0 radical (unpaired) electrons. The lowest BCUT2D eigenvalue weighted by Gasteiger charge is -2.10.